The van der Waals surface area contributed by atoms with Gasteiger partial charge in [0.25, 0.3) is 0 Å². The van der Waals surface area contributed by atoms with Gasteiger partial charge in [0.05, 0.1) is 0 Å². The third-order valence-corrected chi connectivity index (χ3v) is 3.36. The molecule has 2 nitrogen and oxygen atoms in total. The summed E-state index contributed by atoms with van der Waals surface area (Å²) >= 11 is 0. The zero-order valence-electron chi connectivity index (χ0n) is 15.1. The summed E-state index contributed by atoms with van der Waals surface area (Å²) in [6.07, 6.45) is 39.3. The van der Waals surface area contributed by atoms with Crippen molar-refractivity contribution in [3.63, 3.8) is 0 Å². The van der Waals surface area contributed by atoms with Crippen LogP contribution in [0.25, 0.3) is 0 Å². The number of allylic oxidation sites excluding steroid dienone is 16. The Morgan fingerprint density at radius 3 is 1.52 bits per heavy atom. The van der Waals surface area contributed by atoms with Crippen molar-refractivity contribution in [1.82, 2.24) is 0 Å². The second kappa shape index (κ2) is 13.9. The van der Waals surface area contributed by atoms with E-state index < -0.39 is 12.2 Å². The van der Waals surface area contributed by atoms with E-state index in [2.05, 4.69) is 24.0 Å². The van der Waals surface area contributed by atoms with Crippen LogP contribution in [-0.2, 0) is 0 Å². The Hall–Kier alpha value is -3.30. The molecule has 0 saturated heterocycles. The van der Waals surface area contributed by atoms with Crippen molar-refractivity contribution in [2.75, 3.05) is 0 Å². The molecule has 2 N–H and O–H groups in total. The van der Waals surface area contributed by atoms with Crippen molar-refractivity contribution in [2.24, 2.45) is 0 Å². The van der Waals surface area contributed by atoms with Gasteiger partial charge in [-0.2, -0.15) is 0 Å². The normalized spacial score (nSPS) is 17.6. The van der Waals surface area contributed by atoms with E-state index in [4.69, 9.17) is 12.8 Å². The van der Waals surface area contributed by atoms with Crippen LogP contribution < -0.4 is 0 Å². The highest BCUT2D eigenvalue weighted by atomic mass is 16.3. The number of hydrogen-bond donors (Lipinski definition) is 2. The number of hydrogen-bond acceptors (Lipinski definition) is 2. The summed E-state index contributed by atoms with van der Waals surface area (Å²) in [6.45, 7) is 0. The number of terminal acetylenes is 2. The summed E-state index contributed by atoms with van der Waals surface area (Å²) in [5.41, 5.74) is 2.36. The molecule has 0 aliphatic heterocycles. The quantitative estimate of drug-likeness (QED) is 0.507. The maximum atomic E-state index is 9.20. The molecule has 27 heavy (non-hydrogen) atoms. The van der Waals surface area contributed by atoms with Gasteiger partial charge in [0, 0.05) is 0 Å². The lowest BCUT2D eigenvalue weighted by Gasteiger charge is -2.00. The monoisotopic (exact) mass is 356 g/mol. The predicted octanol–water partition coefficient (Wildman–Crippen LogP) is 4.12. The van der Waals surface area contributed by atoms with E-state index >= 15 is 0 Å². The van der Waals surface area contributed by atoms with Crippen LogP contribution in [0.15, 0.2) is 108 Å². The minimum atomic E-state index is -0.847. The van der Waals surface area contributed by atoms with Gasteiger partial charge in [0.15, 0.2) is 0 Å². The molecular formula is C25H24O2. The summed E-state index contributed by atoms with van der Waals surface area (Å²) in [7, 11) is 0. The zero-order valence-corrected chi connectivity index (χ0v) is 15.1. The summed E-state index contributed by atoms with van der Waals surface area (Å²) < 4.78 is 0. The molecule has 0 fully saturated rings. The summed E-state index contributed by atoms with van der Waals surface area (Å²) in [5.74, 6) is 4.43. The molecule has 2 heteroatoms. The molecule has 0 aromatic heterocycles. The summed E-state index contributed by atoms with van der Waals surface area (Å²) in [6, 6.07) is 0. The molecule has 136 valence electrons. The lowest BCUT2D eigenvalue weighted by molar-refractivity contribution is 0.280. The minimum absolute atomic E-state index is 0.818. The minimum Gasteiger partial charge on any atom is -0.377 e. The fourth-order valence-corrected chi connectivity index (χ4v) is 2.01. The highest BCUT2D eigenvalue weighted by Gasteiger charge is 1.98. The first kappa shape index (κ1) is 21.7. The van der Waals surface area contributed by atoms with Gasteiger partial charge >= 0.3 is 0 Å². The second-order valence-electron chi connectivity index (χ2n) is 5.53. The molecule has 0 bridgehead atoms. The zero-order chi connectivity index (χ0) is 19.7. The van der Waals surface area contributed by atoms with Gasteiger partial charge in [-0.25, -0.2) is 0 Å². The smallest absolute Gasteiger partial charge is 0.133 e. The molecule has 1 aliphatic carbocycles. The van der Waals surface area contributed by atoms with Gasteiger partial charge in [-0.3, -0.25) is 0 Å². The van der Waals surface area contributed by atoms with E-state index in [0.29, 0.717) is 0 Å². The Balaban J connectivity index is 2.55. The molecule has 0 aromatic rings. The van der Waals surface area contributed by atoms with Gasteiger partial charge in [0.2, 0.25) is 0 Å². The molecular weight excluding hydrogens is 332 g/mol. The first-order chi connectivity index (χ1) is 13.2. The maximum absolute atomic E-state index is 9.20. The molecule has 0 aromatic carbocycles. The van der Waals surface area contributed by atoms with E-state index in [1.165, 1.54) is 11.1 Å². The van der Waals surface area contributed by atoms with E-state index in [0.717, 1.165) is 6.42 Å². The standard InChI is InChI=1S/C25H24O2/c1-3-24(26)19-11-7-5-9-15-22-17-13-14-18-23(21-22)16-10-6-8-12-20-25(27)4-2/h1-2,5-20,24-27H,21H2/b7-5+,8-6+,15-9+,16-10+,19-11+,20-12+. The van der Waals surface area contributed by atoms with Crippen LogP contribution in [0.4, 0.5) is 0 Å². The topological polar surface area (TPSA) is 40.5 Å². The third-order valence-electron chi connectivity index (χ3n) is 3.36. The number of aliphatic hydroxyl groups is 2. The van der Waals surface area contributed by atoms with Crippen LogP contribution in [0.1, 0.15) is 6.42 Å². The molecule has 0 amide bonds. The van der Waals surface area contributed by atoms with Crippen LogP contribution in [-0.4, -0.2) is 22.4 Å². The van der Waals surface area contributed by atoms with Crippen LogP contribution in [0.5, 0.6) is 0 Å². The Morgan fingerprint density at radius 1 is 0.704 bits per heavy atom. The highest BCUT2D eigenvalue weighted by Crippen LogP contribution is 2.17. The Morgan fingerprint density at radius 2 is 1.11 bits per heavy atom. The number of aliphatic hydroxyl groups excluding tert-OH is 2. The van der Waals surface area contributed by atoms with Crippen molar-refractivity contribution in [1.29, 1.82) is 0 Å². The Bertz CT molecular complexity index is 741. The third kappa shape index (κ3) is 11.0. The number of rotatable bonds is 8. The van der Waals surface area contributed by atoms with Crippen LogP contribution in [0.3, 0.4) is 0 Å². The van der Waals surface area contributed by atoms with Crippen molar-refractivity contribution < 1.29 is 10.2 Å². The largest absolute Gasteiger partial charge is 0.377 e. The van der Waals surface area contributed by atoms with Gasteiger partial charge in [0.1, 0.15) is 12.2 Å². The SMILES string of the molecule is C#CC(O)/C=C/C=C/C=C/C1=CC=CC=C(/C=C/C=C/C=C/C(O)C#C)C1. The fourth-order valence-electron chi connectivity index (χ4n) is 2.01. The van der Waals surface area contributed by atoms with Crippen molar-refractivity contribution in [3.05, 3.63) is 108 Å². The van der Waals surface area contributed by atoms with Crippen LogP contribution >= 0.6 is 0 Å². The van der Waals surface area contributed by atoms with Gasteiger partial charge in [-0.1, -0.05) is 96.9 Å². The van der Waals surface area contributed by atoms with Gasteiger partial charge in [-0.15, -0.1) is 12.8 Å². The summed E-state index contributed by atoms with van der Waals surface area (Å²) in [4.78, 5) is 0. The van der Waals surface area contributed by atoms with Gasteiger partial charge < -0.3 is 10.2 Å². The second-order valence-corrected chi connectivity index (χ2v) is 5.53. The predicted molar refractivity (Wildman–Crippen MR) is 114 cm³/mol. The average molecular weight is 356 g/mol. The Labute approximate surface area is 162 Å². The van der Waals surface area contributed by atoms with Crippen LogP contribution in [0.2, 0.25) is 0 Å². The molecule has 1 aliphatic rings. The average Bonchev–Trinajstić information content (AvgIpc) is 2.91. The van der Waals surface area contributed by atoms with Crippen molar-refractivity contribution in [3.8, 4) is 24.7 Å². The lowest BCUT2D eigenvalue weighted by atomic mass is 10.0. The first-order valence-corrected chi connectivity index (χ1v) is 8.53. The maximum Gasteiger partial charge on any atom is 0.133 e. The highest BCUT2D eigenvalue weighted by molar-refractivity contribution is 5.40. The molecule has 2 unspecified atom stereocenters. The van der Waals surface area contributed by atoms with E-state index in [9.17, 15) is 10.2 Å². The lowest BCUT2D eigenvalue weighted by Crippen LogP contribution is -1.94. The molecule has 0 radical (unpaired) electrons. The fraction of sp³-hybridized carbons (Fsp3) is 0.120. The molecule has 0 spiro atoms. The van der Waals surface area contributed by atoms with E-state index in [1.807, 2.05) is 60.8 Å². The van der Waals surface area contributed by atoms with Gasteiger partial charge in [-0.05, 0) is 29.7 Å². The van der Waals surface area contributed by atoms with Crippen molar-refractivity contribution >= 4 is 0 Å². The van der Waals surface area contributed by atoms with Crippen LogP contribution in [0, 0.1) is 24.7 Å². The molecule has 0 saturated carbocycles. The molecule has 0 heterocycles. The molecule has 2 atom stereocenters. The summed E-state index contributed by atoms with van der Waals surface area (Å²) in [5, 5.41) is 18.4. The van der Waals surface area contributed by atoms with Crippen molar-refractivity contribution in [2.45, 2.75) is 18.6 Å². The van der Waals surface area contributed by atoms with E-state index in [1.54, 1.807) is 24.3 Å². The molecule has 1 rings (SSSR count). The Kier molecular flexibility index (Phi) is 11.2. The van der Waals surface area contributed by atoms with E-state index in [-0.39, 0.29) is 0 Å². The first-order valence-electron chi connectivity index (χ1n) is 8.53.